The molecule has 0 saturated heterocycles. The normalized spacial score (nSPS) is 15.7. The lowest BCUT2D eigenvalue weighted by Gasteiger charge is -2.36. The Balaban J connectivity index is 1.90. The Kier molecular flexibility index (Phi) is 8.20. The van der Waals surface area contributed by atoms with E-state index >= 15 is 0 Å². The van der Waals surface area contributed by atoms with Crippen LogP contribution in [-0.2, 0) is 41.0 Å². The molecule has 2 N–H and O–H groups in total. The van der Waals surface area contributed by atoms with Crippen molar-refractivity contribution in [3.05, 3.63) is 59.2 Å². The fourth-order valence-electron chi connectivity index (χ4n) is 4.19. The Morgan fingerprint density at radius 3 is 2.36 bits per heavy atom. The maximum Gasteiger partial charge on any atom is 0.305 e. The molecular weight excluding hydrogens is 484 g/mol. The van der Waals surface area contributed by atoms with Gasteiger partial charge in [0.2, 0.25) is 5.91 Å². The molecule has 0 saturated carbocycles. The van der Waals surface area contributed by atoms with Crippen LogP contribution in [-0.4, -0.2) is 56.1 Å². The number of carbonyl (C=O) groups is 3. The number of hydrogen-bond acceptors (Lipinski definition) is 7. The van der Waals surface area contributed by atoms with Gasteiger partial charge in [0.15, 0.2) is 9.84 Å². The largest absolute Gasteiger partial charge is 0.469 e. The van der Waals surface area contributed by atoms with Crippen molar-refractivity contribution >= 4 is 33.3 Å². The minimum atomic E-state index is -3.44. The Morgan fingerprint density at radius 2 is 1.78 bits per heavy atom. The molecule has 0 radical (unpaired) electrons. The third-order valence-corrected chi connectivity index (χ3v) is 7.31. The van der Waals surface area contributed by atoms with Crippen LogP contribution in [0.15, 0.2) is 47.4 Å². The van der Waals surface area contributed by atoms with Gasteiger partial charge >= 0.3 is 5.97 Å². The van der Waals surface area contributed by atoms with E-state index in [1.54, 1.807) is 50.2 Å². The van der Waals surface area contributed by atoms with E-state index in [9.17, 15) is 27.9 Å². The number of anilines is 1. The zero-order valence-corrected chi connectivity index (χ0v) is 21.7. The van der Waals surface area contributed by atoms with E-state index in [4.69, 9.17) is 0 Å². The lowest BCUT2D eigenvalue weighted by Crippen LogP contribution is -2.45. The van der Waals surface area contributed by atoms with Crippen LogP contribution in [0.2, 0.25) is 0 Å². The van der Waals surface area contributed by atoms with E-state index in [-0.39, 0.29) is 36.6 Å². The summed E-state index contributed by atoms with van der Waals surface area (Å²) in [4.78, 5) is 39.6. The maximum atomic E-state index is 13.5. The first-order chi connectivity index (χ1) is 16.8. The highest BCUT2D eigenvalue weighted by molar-refractivity contribution is 7.90. The summed E-state index contributed by atoms with van der Waals surface area (Å²) in [7, 11) is -2.15. The highest BCUT2D eigenvalue weighted by Crippen LogP contribution is 2.33. The number of fused-ring (bicyclic) bond motifs is 1. The number of rotatable bonds is 8. The summed E-state index contributed by atoms with van der Waals surface area (Å²) >= 11 is 0. The molecule has 9 nitrogen and oxygen atoms in total. The number of esters is 1. The lowest BCUT2D eigenvalue weighted by molar-refractivity contribution is -0.142. The number of sulfone groups is 1. The topological polar surface area (TPSA) is 130 Å². The summed E-state index contributed by atoms with van der Waals surface area (Å²) in [6.07, 6.45) is 1.96. The summed E-state index contributed by atoms with van der Waals surface area (Å²) in [6.45, 7) is 3.55. The van der Waals surface area contributed by atoms with Gasteiger partial charge in [-0.1, -0.05) is 18.2 Å². The van der Waals surface area contributed by atoms with Gasteiger partial charge < -0.3 is 20.1 Å². The molecule has 0 aliphatic carbocycles. The first-order valence-electron chi connectivity index (χ1n) is 11.6. The van der Waals surface area contributed by atoms with Crippen molar-refractivity contribution < 1.29 is 32.6 Å². The fourth-order valence-corrected chi connectivity index (χ4v) is 4.86. The first kappa shape index (κ1) is 27.3. The van der Waals surface area contributed by atoms with Gasteiger partial charge in [0.1, 0.15) is 6.04 Å². The molecule has 0 spiro atoms. The summed E-state index contributed by atoms with van der Waals surface area (Å²) in [6, 6.07) is 10.4. The minimum absolute atomic E-state index is 0.0654. The van der Waals surface area contributed by atoms with Crippen molar-refractivity contribution in [3.63, 3.8) is 0 Å². The average molecular weight is 517 g/mol. The molecule has 2 aromatic carbocycles. The predicted octanol–water partition coefficient (Wildman–Crippen LogP) is 2.73. The van der Waals surface area contributed by atoms with Crippen LogP contribution in [0, 0.1) is 0 Å². The molecule has 0 aromatic heterocycles. The summed E-state index contributed by atoms with van der Waals surface area (Å²) in [5.41, 5.74) is 1.38. The molecule has 1 aliphatic rings. The molecule has 0 bridgehead atoms. The molecule has 2 amide bonds. The van der Waals surface area contributed by atoms with Crippen LogP contribution in [0.5, 0.6) is 0 Å². The molecule has 1 heterocycles. The van der Waals surface area contributed by atoms with Gasteiger partial charge in [0.25, 0.3) is 5.91 Å². The standard InChI is InChI=1S/C26H32N2O7S/c1-26(2,32)18-8-10-19(11-9-18)27-25(31)24-21-13-12-20(36(4,33)34)16-17(21)14-15-28(24)22(29)6-5-7-23(30)35-3/h8-13,16,24,32H,5-7,14-15H2,1-4H3,(H,27,31). The van der Waals surface area contributed by atoms with Gasteiger partial charge in [0, 0.05) is 31.3 Å². The predicted molar refractivity (Wildman–Crippen MR) is 134 cm³/mol. The van der Waals surface area contributed by atoms with Crippen molar-refractivity contribution in [2.75, 3.05) is 25.2 Å². The van der Waals surface area contributed by atoms with Crippen LogP contribution in [0.3, 0.4) is 0 Å². The number of nitrogens with zero attached hydrogens (tertiary/aromatic N) is 1. The second-order valence-electron chi connectivity index (χ2n) is 9.43. The highest BCUT2D eigenvalue weighted by atomic mass is 32.2. The van der Waals surface area contributed by atoms with E-state index in [2.05, 4.69) is 10.1 Å². The number of nitrogens with one attached hydrogen (secondary N) is 1. The van der Waals surface area contributed by atoms with E-state index in [1.165, 1.54) is 18.1 Å². The Labute approximate surface area is 211 Å². The van der Waals surface area contributed by atoms with E-state index in [0.29, 0.717) is 28.8 Å². The van der Waals surface area contributed by atoms with Crippen LogP contribution in [0.1, 0.15) is 55.8 Å². The number of methoxy groups -OCH3 is 1. The van der Waals surface area contributed by atoms with E-state index in [1.807, 2.05) is 0 Å². The van der Waals surface area contributed by atoms with Gasteiger partial charge in [-0.15, -0.1) is 0 Å². The SMILES string of the molecule is COC(=O)CCCC(=O)N1CCc2cc(S(C)(=O)=O)ccc2C1C(=O)Nc1ccc(C(C)(C)O)cc1. The lowest BCUT2D eigenvalue weighted by atomic mass is 9.91. The van der Waals surface area contributed by atoms with Gasteiger partial charge in [-0.2, -0.15) is 0 Å². The second kappa shape index (κ2) is 10.8. The van der Waals surface area contributed by atoms with Gasteiger partial charge in [-0.05, 0) is 67.6 Å². The molecule has 10 heteroatoms. The van der Waals surface area contributed by atoms with Crippen molar-refractivity contribution in [3.8, 4) is 0 Å². The Morgan fingerprint density at radius 1 is 1.11 bits per heavy atom. The average Bonchev–Trinajstić information content (AvgIpc) is 2.81. The molecule has 3 rings (SSSR count). The number of hydrogen-bond donors (Lipinski definition) is 2. The van der Waals surface area contributed by atoms with Gasteiger partial charge in [0.05, 0.1) is 17.6 Å². The smallest absolute Gasteiger partial charge is 0.305 e. The molecule has 1 aliphatic heterocycles. The summed E-state index contributed by atoms with van der Waals surface area (Å²) in [5.74, 6) is -1.14. The number of amides is 2. The molecule has 1 unspecified atom stereocenters. The third kappa shape index (κ3) is 6.50. The molecule has 36 heavy (non-hydrogen) atoms. The van der Waals surface area contributed by atoms with Crippen LogP contribution in [0.25, 0.3) is 0 Å². The Bertz CT molecular complexity index is 1250. The van der Waals surface area contributed by atoms with Crippen molar-refractivity contribution in [2.45, 2.75) is 56.1 Å². The van der Waals surface area contributed by atoms with Crippen molar-refractivity contribution in [2.24, 2.45) is 0 Å². The van der Waals surface area contributed by atoms with Crippen LogP contribution in [0.4, 0.5) is 5.69 Å². The molecule has 2 aromatic rings. The van der Waals surface area contributed by atoms with Crippen molar-refractivity contribution in [1.82, 2.24) is 4.90 Å². The quantitative estimate of drug-likeness (QED) is 0.516. The van der Waals surface area contributed by atoms with Crippen LogP contribution < -0.4 is 5.32 Å². The van der Waals surface area contributed by atoms with Gasteiger partial charge in [-0.3, -0.25) is 14.4 Å². The third-order valence-electron chi connectivity index (χ3n) is 6.20. The summed E-state index contributed by atoms with van der Waals surface area (Å²) < 4.78 is 28.7. The number of ether oxygens (including phenoxy) is 1. The number of carbonyl (C=O) groups excluding carboxylic acids is 3. The van der Waals surface area contributed by atoms with Crippen molar-refractivity contribution in [1.29, 1.82) is 0 Å². The van der Waals surface area contributed by atoms with E-state index in [0.717, 1.165) is 6.26 Å². The van der Waals surface area contributed by atoms with Gasteiger partial charge in [-0.25, -0.2) is 8.42 Å². The minimum Gasteiger partial charge on any atom is -0.469 e. The second-order valence-corrected chi connectivity index (χ2v) is 11.4. The molecule has 1 atom stereocenters. The number of benzene rings is 2. The highest BCUT2D eigenvalue weighted by Gasteiger charge is 2.36. The monoisotopic (exact) mass is 516 g/mol. The molecular formula is C26H32N2O7S. The summed E-state index contributed by atoms with van der Waals surface area (Å²) in [5, 5.41) is 13.0. The maximum absolute atomic E-state index is 13.5. The molecule has 194 valence electrons. The van der Waals surface area contributed by atoms with Crippen LogP contribution >= 0.6 is 0 Å². The van der Waals surface area contributed by atoms with E-state index < -0.39 is 33.4 Å². The number of aliphatic hydroxyl groups is 1. The molecule has 0 fully saturated rings. The zero-order valence-electron chi connectivity index (χ0n) is 20.9. The fraction of sp³-hybridized carbons (Fsp3) is 0.423. The Hall–Kier alpha value is -3.24. The zero-order chi connectivity index (χ0) is 26.7. The first-order valence-corrected chi connectivity index (χ1v) is 13.5.